The predicted octanol–water partition coefficient (Wildman–Crippen LogP) is 7.25. The number of aryl methyl sites for hydroxylation is 2. The molecule has 33 heavy (non-hydrogen) atoms. The Kier molecular flexibility index (Phi) is 4.55. The fourth-order valence-electron chi connectivity index (χ4n) is 4.33. The quantitative estimate of drug-likeness (QED) is 0.292. The third-order valence-corrected chi connectivity index (χ3v) is 6.11. The van der Waals surface area contributed by atoms with Gasteiger partial charge in [-0.1, -0.05) is 59.7 Å². The molecule has 0 aliphatic carbocycles. The first-order valence-corrected chi connectivity index (χ1v) is 11.1. The number of aromatic amines is 1. The van der Waals surface area contributed by atoms with Gasteiger partial charge in [0.15, 0.2) is 0 Å². The van der Waals surface area contributed by atoms with E-state index in [9.17, 15) is 0 Å². The van der Waals surface area contributed by atoms with Crippen molar-refractivity contribution in [1.82, 2.24) is 4.98 Å². The third-order valence-electron chi connectivity index (χ3n) is 6.11. The fourth-order valence-corrected chi connectivity index (χ4v) is 4.33. The van der Waals surface area contributed by atoms with Crippen LogP contribution in [-0.4, -0.2) is 4.98 Å². The van der Waals surface area contributed by atoms with E-state index in [1.807, 2.05) is 12.1 Å². The van der Waals surface area contributed by atoms with Crippen LogP contribution in [0.3, 0.4) is 0 Å². The Bertz CT molecular complexity index is 1440. The van der Waals surface area contributed by atoms with Crippen molar-refractivity contribution in [3.05, 3.63) is 107 Å². The highest BCUT2D eigenvalue weighted by atomic mass is 16.3. The van der Waals surface area contributed by atoms with Gasteiger partial charge in [-0.2, -0.15) is 0 Å². The minimum Gasteiger partial charge on any atom is -0.456 e. The minimum absolute atomic E-state index is 0.804. The number of nitrogens with zero attached hydrogens (tertiary/aromatic N) is 1. The maximum absolute atomic E-state index is 6.57. The molecule has 4 heterocycles. The molecule has 3 heteroatoms. The van der Waals surface area contributed by atoms with Crippen LogP contribution in [0.4, 0.5) is 0 Å². The van der Waals surface area contributed by atoms with Crippen LogP contribution in [0, 0.1) is 13.8 Å². The maximum atomic E-state index is 6.57. The van der Waals surface area contributed by atoms with E-state index in [-0.39, 0.29) is 0 Å². The van der Waals surface area contributed by atoms with Crippen molar-refractivity contribution < 1.29 is 9.40 Å². The Morgan fingerprint density at radius 1 is 0.606 bits per heavy atom. The van der Waals surface area contributed by atoms with Crippen molar-refractivity contribution in [2.24, 2.45) is 0 Å². The number of nitrogens with one attached hydrogen (secondary N) is 1. The van der Waals surface area contributed by atoms with Gasteiger partial charge in [0.1, 0.15) is 11.2 Å². The smallest absolute Gasteiger partial charge is 0.215 e. The van der Waals surface area contributed by atoms with Gasteiger partial charge >= 0.3 is 0 Å². The highest BCUT2D eigenvalue weighted by Gasteiger charge is 2.18. The van der Waals surface area contributed by atoms with Gasteiger partial charge in [-0.3, -0.25) is 0 Å². The normalized spacial score (nSPS) is 12.3. The molecule has 2 aliphatic rings. The van der Waals surface area contributed by atoms with Crippen LogP contribution in [0.1, 0.15) is 33.9 Å². The van der Waals surface area contributed by atoms with Crippen LogP contribution in [0.2, 0.25) is 0 Å². The SMILES string of the molecule is Cc1ccc(-c2c3nc(ccc4[nH+]c(c(-c5ccc(C)cc5)c5ccc2o5)C=C4)C=C3)cc1. The van der Waals surface area contributed by atoms with Crippen LogP contribution in [0.25, 0.3) is 57.7 Å². The van der Waals surface area contributed by atoms with Gasteiger partial charge < -0.3 is 4.42 Å². The summed E-state index contributed by atoms with van der Waals surface area (Å²) in [6.45, 7) is 4.20. The summed E-state index contributed by atoms with van der Waals surface area (Å²) in [5, 5.41) is 0. The van der Waals surface area contributed by atoms with Crippen molar-refractivity contribution in [3.63, 3.8) is 0 Å². The van der Waals surface area contributed by atoms with E-state index in [1.165, 1.54) is 11.1 Å². The lowest BCUT2D eigenvalue weighted by molar-refractivity contribution is -0.378. The molecule has 2 aromatic carbocycles. The molecule has 0 saturated carbocycles. The molecule has 0 unspecified atom stereocenters. The first-order chi connectivity index (χ1) is 16.1. The number of furan rings is 1. The number of aromatic nitrogens is 2. The molecule has 0 amide bonds. The molecular formula is C30H23N2O+. The van der Waals surface area contributed by atoms with Crippen molar-refractivity contribution in [3.8, 4) is 22.3 Å². The zero-order valence-electron chi connectivity index (χ0n) is 18.6. The summed E-state index contributed by atoms with van der Waals surface area (Å²) >= 11 is 0. The van der Waals surface area contributed by atoms with Crippen molar-refractivity contribution >= 4 is 35.5 Å². The second-order valence-electron chi connectivity index (χ2n) is 8.56. The van der Waals surface area contributed by atoms with Crippen molar-refractivity contribution in [1.29, 1.82) is 0 Å². The number of hydrogen-bond donors (Lipinski definition) is 0. The third kappa shape index (κ3) is 3.58. The second-order valence-corrected chi connectivity index (χ2v) is 8.56. The van der Waals surface area contributed by atoms with E-state index in [1.54, 1.807) is 0 Å². The van der Waals surface area contributed by atoms with E-state index in [0.717, 1.165) is 56.2 Å². The number of rotatable bonds is 2. The summed E-state index contributed by atoms with van der Waals surface area (Å²) in [7, 11) is 0. The highest BCUT2D eigenvalue weighted by molar-refractivity contribution is 5.92. The standard InChI is InChI=1S/C30H22N2O/c1-19-3-7-21(8-4-19)29-25-15-13-23(31-25)11-12-24-14-16-26(32-24)30(28-18-17-27(29)33-28)22-9-5-20(2)6-10-22/h3-18H,1-2H3/p+1. The summed E-state index contributed by atoms with van der Waals surface area (Å²) < 4.78 is 6.57. The first-order valence-electron chi connectivity index (χ1n) is 11.1. The lowest BCUT2D eigenvalue weighted by Gasteiger charge is -2.04. The van der Waals surface area contributed by atoms with E-state index >= 15 is 0 Å². The molecule has 0 atom stereocenters. The molecule has 158 valence electrons. The Morgan fingerprint density at radius 2 is 1.24 bits per heavy atom. The average Bonchev–Trinajstić information content (AvgIpc) is 3.58. The van der Waals surface area contributed by atoms with Crippen LogP contribution < -0.4 is 4.98 Å². The zero-order chi connectivity index (χ0) is 22.4. The maximum Gasteiger partial charge on any atom is 0.215 e. The van der Waals surface area contributed by atoms with E-state index in [0.29, 0.717) is 0 Å². The Hall–Kier alpha value is -4.24. The second kappa shape index (κ2) is 7.72. The fraction of sp³-hybridized carbons (Fsp3) is 0.0667. The van der Waals surface area contributed by atoms with Crippen molar-refractivity contribution in [2.45, 2.75) is 13.8 Å². The molecule has 0 radical (unpaired) electrons. The van der Waals surface area contributed by atoms with Gasteiger partial charge in [0.2, 0.25) is 11.4 Å². The van der Waals surface area contributed by atoms with Gasteiger partial charge in [-0.25, -0.2) is 9.97 Å². The highest BCUT2D eigenvalue weighted by Crippen LogP contribution is 2.35. The van der Waals surface area contributed by atoms with Crippen LogP contribution in [0.5, 0.6) is 0 Å². The summed E-state index contributed by atoms with van der Waals surface area (Å²) in [6, 6.07) is 25.3. The number of fused-ring (bicyclic) bond motifs is 6. The van der Waals surface area contributed by atoms with Crippen LogP contribution >= 0.6 is 0 Å². The van der Waals surface area contributed by atoms with E-state index < -0.39 is 0 Å². The van der Waals surface area contributed by atoms with Gasteiger partial charge in [0.05, 0.1) is 22.5 Å². The summed E-state index contributed by atoms with van der Waals surface area (Å²) in [6.07, 6.45) is 8.30. The topological polar surface area (TPSA) is 40.2 Å². The molecule has 3 nitrogen and oxygen atoms in total. The lowest BCUT2D eigenvalue weighted by Crippen LogP contribution is -2.06. The number of benzene rings is 2. The Morgan fingerprint density at radius 3 is 1.94 bits per heavy atom. The monoisotopic (exact) mass is 427 g/mol. The van der Waals surface area contributed by atoms with Crippen LogP contribution in [0.15, 0.2) is 77.2 Å². The van der Waals surface area contributed by atoms with Gasteiger partial charge in [0, 0.05) is 18.2 Å². The summed E-state index contributed by atoms with van der Waals surface area (Å²) in [5.74, 6) is 0. The van der Waals surface area contributed by atoms with Crippen molar-refractivity contribution in [2.75, 3.05) is 0 Å². The van der Waals surface area contributed by atoms with E-state index in [4.69, 9.17) is 9.40 Å². The molecule has 1 N–H and O–H groups in total. The lowest BCUT2D eigenvalue weighted by atomic mass is 10.0. The van der Waals surface area contributed by atoms with Gasteiger partial charge in [-0.15, -0.1) is 0 Å². The molecule has 0 fully saturated rings. The molecule has 2 aliphatic heterocycles. The van der Waals surface area contributed by atoms with Gasteiger partial charge in [-0.05, 0) is 55.3 Å². The molecule has 0 spiro atoms. The Balaban J connectivity index is 1.73. The summed E-state index contributed by atoms with van der Waals surface area (Å²) in [4.78, 5) is 8.44. The molecular weight excluding hydrogens is 404 g/mol. The molecule has 6 bridgehead atoms. The Labute approximate surface area is 192 Å². The number of hydrogen-bond acceptors (Lipinski definition) is 2. The minimum atomic E-state index is 0.804. The largest absolute Gasteiger partial charge is 0.456 e. The molecule has 4 aromatic rings. The van der Waals surface area contributed by atoms with Gasteiger partial charge in [0.25, 0.3) is 0 Å². The van der Waals surface area contributed by atoms with Crippen LogP contribution in [-0.2, 0) is 0 Å². The zero-order valence-corrected chi connectivity index (χ0v) is 18.6. The molecule has 0 saturated heterocycles. The predicted molar refractivity (Wildman–Crippen MR) is 135 cm³/mol. The van der Waals surface area contributed by atoms with E-state index in [2.05, 4.69) is 104 Å². The molecule has 2 aromatic heterocycles. The first kappa shape index (κ1) is 19.4. The number of H-pyrrole nitrogens is 1. The average molecular weight is 428 g/mol. The molecule has 6 rings (SSSR count). The summed E-state index contributed by atoms with van der Waals surface area (Å²) in [5.41, 5.74) is 12.2.